The highest BCUT2D eigenvalue weighted by Gasteiger charge is 2.29. The molecule has 0 radical (unpaired) electrons. The first kappa shape index (κ1) is 15.4. The van der Waals surface area contributed by atoms with Crippen LogP contribution in [0.3, 0.4) is 0 Å². The van der Waals surface area contributed by atoms with E-state index in [4.69, 9.17) is 4.74 Å². The zero-order chi connectivity index (χ0) is 16.5. The minimum atomic E-state index is 0.0713. The van der Waals surface area contributed by atoms with Gasteiger partial charge in [0.15, 0.2) is 0 Å². The fraction of sp³-hybridized carbons (Fsp3) is 0.333. The molecule has 1 unspecified atom stereocenters. The van der Waals surface area contributed by atoms with Gasteiger partial charge in [-0.25, -0.2) is 0 Å². The smallest absolute Gasteiger partial charge is 0.264 e. The third kappa shape index (κ3) is 2.72. The molecule has 1 aliphatic rings. The molecule has 0 N–H and O–H groups in total. The van der Waals surface area contributed by atoms with Gasteiger partial charge in [0.2, 0.25) is 0 Å². The molecule has 1 aromatic carbocycles. The van der Waals surface area contributed by atoms with Gasteiger partial charge in [0.1, 0.15) is 0 Å². The number of carbonyl (C=O) groups is 1. The van der Waals surface area contributed by atoms with Crippen LogP contribution in [-0.4, -0.2) is 40.3 Å². The maximum Gasteiger partial charge on any atom is 0.264 e. The first-order valence-corrected chi connectivity index (χ1v) is 8.96. The van der Waals surface area contributed by atoms with Crippen LogP contribution >= 0.6 is 11.3 Å². The number of thiophene rings is 1. The van der Waals surface area contributed by atoms with Gasteiger partial charge in [-0.15, -0.1) is 11.3 Å². The topological polar surface area (TPSA) is 47.4 Å². The number of nitrogens with zero attached hydrogens (tertiary/aromatic N) is 3. The molecule has 124 valence electrons. The summed E-state index contributed by atoms with van der Waals surface area (Å²) in [5.74, 6) is 0.0881. The van der Waals surface area contributed by atoms with Crippen LogP contribution in [0.15, 0.2) is 42.6 Å². The van der Waals surface area contributed by atoms with Gasteiger partial charge in [0.05, 0.1) is 29.8 Å². The van der Waals surface area contributed by atoms with E-state index in [0.29, 0.717) is 26.3 Å². The molecule has 4 rings (SSSR count). The molecular weight excluding hydrogens is 322 g/mol. The second kappa shape index (κ2) is 6.37. The lowest BCUT2D eigenvalue weighted by molar-refractivity contribution is 0.0520. The number of benzene rings is 1. The normalized spacial score (nSPS) is 17.2. The van der Waals surface area contributed by atoms with Gasteiger partial charge in [-0.3, -0.25) is 9.48 Å². The Morgan fingerprint density at radius 2 is 2.25 bits per heavy atom. The minimum absolute atomic E-state index is 0.0713. The standard InChI is InChI=1S/C18H19N3O2S/c1-2-23-12-15-11-20(10-14-7-8-19-21(14)15)18(22)17-9-13-5-3-4-6-16(13)24-17/h3-9,15H,2,10-12H2,1H3. The van der Waals surface area contributed by atoms with Crippen molar-refractivity contribution >= 4 is 27.3 Å². The Balaban J connectivity index is 1.60. The summed E-state index contributed by atoms with van der Waals surface area (Å²) < 4.78 is 8.72. The summed E-state index contributed by atoms with van der Waals surface area (Å²) in [5.41, 5.74) is 1.06. The molecule has 0 aliphatic carbocycles. The predicted octanol–water partition coefficient (Wildman–Crippen LogP) is 3.33. The monoisotopic (exact) mass is 341 g/mol. The molecule has 6 heteroatoms. The maximum atomic E-state index is 13.0. The minimum Gasteiger partial charge on any atom is -0.379 e. The van der Waals surface area contributed by atoms with E-state index in [-0.39, 0.29) is 11.9 Å². The van der Waals surface area contributed by atoms with Gasteiger partial charge in [0.25, 0.3) is 5.91 Å². The van der Waals surface area contributed by atoms with Crippen LogP contribution in [0.1, 0.15) is 28.3 Å². The SMILES string of the molecule is CCOCC1CN(C(=O)c2cc3ccccc3s2)Cc2ccnn21. The quantitative estimate of drug-likeness (QED) is 0.731. The van der Waals surface area contributed by atoms with Crippen LogP contribution in [0, 0.1) is 0 Å². The Hall–Kier alpha value is -2.18. The second-order valence-electron chi connectivity index (χ2n) is 5.91. The third-order valence-corrected chi connectivity index (χ3v) is 5.42. The average Bonchev–Trinajstić information content (AvgIpc) is 3.25. The van der Waals surface area contributed by atoms with Gasteiger partial charge in [-0.2, -0.15) is 5.10 Å². The fourth-order valence-electron chi connectivity index (χ4n) is 3.16. The Labute approximate surface area is 144 Å². The van der Waals surface area contributed by atoms with Gasteiger partial charge < -0.3 is 9.64 Å². The molecule has 0 saturated heterocycles. The van der Waals surface area contributed by atoms with Crippen molar-refractivity contribution in [3.8, 4) is 0 Å². The molecule has 3 aromatic rings. The fourth-order valence-corrected chi connectivity index (χ4v) is 4.19. The number of aromatic nitrogens is 2. The van der Waals surface area contributed by atoms with Crippen molar-refractivity contribution in [2.75, 3.05) is 19.8 Å². The number of amides is 1. The lowest BCUT2D eigenvalue weighted by Gasteiger charge is -2.33. The third-order valence-electron chi connectivity index (χ3n) is 4.32. The van der Waals surface area contributed by atoms with Crippen LogP contribution in [0.4, 0.5) is 0 Å². The number of hydrogen-bond acceptors (Lipinski definition) is 4. The van der Waals surface area contributed by atoms with E-state index in [1.165, 1.54) is 0 Å². The Morgan fingerprint density at radius 3 is 3.08 bits per heavy atom. The molecule has 0 saturated carbocycles. The first-order chi connectivity index (χ1) is 11.8. The Morgan fingerprint density at radius 1 is 1.38 bits per heavy atom. The van der Waals surface area contributed by atoms with Crippen molar-refractivity contribution < 1.29 is 9.53 Å². The molecular formula is C18H19N3O2S. The number of carbonyl (C=O) groups excluding carboxylic acids is 1. The highest BCUT2D eigenvalue weighted by Crippen LogP contribution is 2.28. The summed E-state index contributed by atoms with van der Waals surface area (Å²) >= 11 is 1.56. The van der Waals surface area contributed by atoms with Crippen LogP contribution in [-0.2, 0) is 11.3 Å². The van der Waals surface area contributed by atoms with Crippen molar-refractivity contribution in [3.63, 3.8) is 0 Å². The largest absolute Gasteiger partial charge is 0.379 e. The molecule has 0 fully saturated rings. The lowest BCUT2D eigenvalue weighted by Crippen LogP contribution is -2.42. The van der Waals surface area contributed by atoms with Crippen molar-refractivity contribution in [3.05, 3.63) is 53.2 Å². The van der Waals surface area contributed by atoms with Gasteiger partial charge in [-0.1, -0.05) is 18.2 Å². The average molecular weight is 341 g/mol. The number of fused-ring (bicyclic) bond motifs is 2. The molecule has 5 nitrogen and oxygen atoms in total. The van der Waals surface area contributed by atoms with Crippen LogP contribution in [0.5, 0.6) is 0 Å². The second-order valence-corrected chi connectivity index (χ2v) is 7.00. The van der Waals surface area contributed by atoms with Gasteiger partial charge in [0, 0.05) is 24.0 Å². The van der Waals surface area contributed by atoms with Gasteiger partial charge in [-0.05, 0) is 30.5 Å². The van der Waals surface area contributed by atoms with E-state index in [1.807, 2.05) is 46.8 Å². The summed E-state index contributed by atoms with van der Waals surface area (Å²) in [4.78, 5) is 15.7. The maximum absolute atomic E-state index is 13.0. The van der Waals surface area contributed by atoms with E-state index in [1.54, 1.807) is 17.5 Å². The highest BCUT2D eigenvalue weighted by molar-refractivity contribution is 7.20. The van der Waals surface area contributed by atoms with Crippen LogP contribution in [0.25, 0.3) is 10.1 Å². The summed E-state index contributed by atoms with van der Waals surface area (Å²) in [5, 5.41) is 5.52. The van der Waals surface area contributed by atoms with E-state index in [9.17, 15) is 4.79 Å². The molecule has 0 bridgehead atoms. The van der Waals surface area contributed by atoms with Crippen molar-refractivity contribution in [2.45, 2.75) is 19.5 Å². The predicted molar refractivity (Wildman–Crippen MR) is 94.3 cm³/mol. The van der Waals surface area contributed by atoms with Gasteiger partial charge >= 0.3 is 0 Å². The van der Waals surface area contributed by atoms with E-state index < -0.39 is 0 Å². The summed E-state index contributed by atoms with van der Waals surface area (Å²) in [7, 11) is 0. The van der Waals surface area contributed by atoms with Crippen LogP contribution < -0.4 is 0 Å². The Bertz CT molecular complexity index is 837. The number of rotatable bonds is 4. The van der Waals surface area contributed by atoms with Crippen molar-refractivity contribution in [2.24, 2.45) is 0 Å². The van der Waals surface area contributed by atoms with E-state index in [2.05, 4.69) is 11.2 Å². The zero-order valence-electron chi connectivity index (χ0n) is 13.5. The highest BCUT2D eigenvalue weighted by atomic mass is 32.1. The number of hydrogen-bond donors (Lipinski definition) is 0. The zero-order valence-corrected chi connectivity index (χ0v) is 14.3. The van der Waals surface area contributed by atoms with E-state index >= 15 is 0 Å². The van der Waals surface area contributed by atoms with Crippen LogP contribution in [0.2, 0.25) is 0 Å². The van der Waals surface area contributed by atoms with Crippen molar-refractivity contribution in [1.29, 1.82) is 0 Å². The summed E-state index contributed by atoms with van der Waals surface area (Å²) in [6.45, 7) is 4.43. The lowest BCUT2D eigenvalue weighted by atomic mass is 10.2. The first-order valence-electron chi connectivity index (χ1n) is 8.14. The Kier molecular flexibility index (Phi) is 4.08. The molecule has 0 spiro atoms. The summed E-state index contributed by atoms with van der Waals surface area (Å²) in [6.07, 6.45) is 1.79. The van der Waals surface area contributed by atoms with Crippen molar-refractivity contribution in [1.82, 2.24) is 14.7 Å². The number of ether oxygens (including phenoxy) is 1. The molecule has 1 amide bonds. The molecule has 1 aliphatic heterocycles. The molecule has 1 atom stereocenters. The molecule has 2 aromatic heterocycles. The summed E-state index contributed by atoms with van der Waals surface area (Å²) in [6, 6.07) is 12.1. The molecule has 24 heavy (non-hydrogen) atoms. The van der Waals surface area contributed by atoms with E-state index in [0.717, 1.165) is 20.7 Å². The molecule has 3 heterocycles.